The summed E-state index contributed by atoms with van der Waals surface area (Å²) in [6.45, 7) is 1.40. The summed E-state index contributed by atoms with van der Waals surface area (Å²) < 4.78 is 0.919. The van der Waals surface area contributed by atoms with Crippen LogP contribution in [-0.2, 0) is 6.54 Å². The molecular weight excluding hydrogens is 377 g/mol. The maximum Gasteiger partial charge on any atom is 0.231 e. The topological polar surface area (TPSA) is 73.4 Å². The van der Waals surface area contributed by atoms with Gasteiger partial charge in [-0.1, -0.05) is 46.7 Å². The van der Waals surface area contributed by atoms with Crippen LogP contribution < -0.4 is 5.32 Å². The van der Waals surface area contributed by atoms with E-state index in [9.17, 15) is 0 Å². The highest BCUT2D eigenvalue weighted by Crippen LogP contribution is 2.34. The molecule has 1 heterocycles. The van der Waals surface area contributed by atoms with Crippen LogP contribution in [0.3, 0.4) is 0 Å². The van der Waals surface area contributed by atoms with Gasteiger partial charge in [0.05, 0.1) is 32.0 Å². The number of aromatic nitrogens is 1. The largest absolute Gasteiger partial charge is 0.312 e. The van der Waals surface area contributed by atoms with Crippen LogP contribution >= 0.6 is 34.5 Å². The number of hydrogen-bond donors (Lipinski definition) is 1. The molecule has 0 bridgehead atoms. The minimum atomic E-state index is 0.474. The van der Waals surface area contributed by atoms with Crippen LogP contribution in [0, 0.1) is 11.3 Å². The Morgan fingerprint density at radius 2 is 1.88 bits per heavy atom. The maximum absolute atomic E-state index is 8.50. The van der Waals surface area contributed by atoms with E-state index >= 15 is 0 Å². The van der Waals surface area contributed by atoms with Crippen LogP contribution in [0.4, 0.5) is 10.8 Å². The standard InChI is InChI=1S/C17H13Cl2N5S/c18-13-8-15-16(9-14(13)19)25-17(22-15)24-23-12-4-2-11(3-5-12)10-21-7-1-6-20/h2-5,8-9,21H,1,7,10H2. The van der Waals surface area contributed by atoms with Gasteiger partial charge in [-0.05, 0) is 29.8 Å². The lowest BCUT2D eigenvalue weighted by molar-refractivity contribution is 0.699. The van der Waals surface area contributed by atoms with Gasteiger partial charge in [0.25, 0.3) is 0 Å². The first-order valence-electron chi connectivity index (χ1n) is 7.49. The number of nitrogens with one attached hydrogen (secondary N) is 1. The molecule has 0 amide bonds. The number of thiazole rings is 1. The van der Waals surface area contributed by atoms with Crippen molar-refractivity contribution in [2.24, 2.45) is 10.2 Å². The molecular formula is C17H13Cl2N5S. The Bertz CT molecular complexity index is 905. The molecule has 1 aromatic heterocycles. The van der Waals surface area contributed by atoms with Crippen LogP contribution in [0.1, 0.15) is 12.0 Å². The fourth-order valence-corrected chi connectivity index (χ4v) is 3.31. The van der Waals surface area contributed by atoms with Gasteiger partial charge in [-0.25, -0.2) is 4.98 Å². The Labute approximate surface area is 158 Å². The first-order valence-corrected chi connectivity index (χ1v) is 9.07. The molecule has 0 saturated heterocycles. The molecule has 2 aromatic carbocycles. The van der Waals surface area contributed by atoms with Gasteiger partial charge >= 0.3 is 0 Å². The molecule has 0 aliphatic rings. The molecule has 0 aliphatic carbocycles. The smallest absolute Gasteiger partial charge is 0.231 e. The molecule has 1 N–H and O–H groups in total. The number of fused-ring (bicyclic) bond motifs is 1. The number of hydrogen-bond acceptors (Lipinski definition) is 6. The van der Waals surface area contributed by atoms with Crippen LogP contribution in [0.15, 0.2) is 46.6 Å². The highest BCUT2D eigenvalue weighted by atomic mass is 35.5. The van der Waals surface area contributed by atoms with Crippen LogP contribution in [0.2, 0.25) is 10.0 Å². The second-order valence-corrected chi connectivity index (χ2v) is 7.01. The zero-order valence-corrected chi connectivity index (χ0v) is 15.4. The summed E-state index contributed by atoms with van der Waals surface area (Å²) in [5.74, 6) is 0. The summed E-state index contributed by atoms with van der Waals surface area (Å²) in [7, 11) is 0. The SMILES string of the molecule is N#CCCNCc1ccc(N=Nc2nc3cc(Cl)c(Cl)cc3s2)cc1. The van der Waals surface area contributed by atoms with Crippen molar-refractivity contribution in [3.63, 3.8) is 0 Å². The number of nitrogens with zero attached hydrogens (tertiary/aromatic N) is 4. The fraction of sp³-hybridized carbons (Fsp3) is 0.176. The Morgan fingerprint density at radius 1 is 1.12 bits per heavy atom. The summed E-state index contributed by atoms with van der Waals surface area (Å²) >= 11 is 13.4. The second kappa shape index (κ2) is 8.37. The minimum absolute atomic E-state index is 0.474. The zero-order valence-electron chi connectivity index (χ0n) is 13.0. The number of azo groups is 1. The number of halogens is 2. The van der Waals surface area contributed by atoms with Crippen molar-refractivity contribution in [2.45, 2.75) is 13.0 Å². The summed E-state index contributed by atoms with van der Waals surface area (Å²) in [5.41, 5.74) is 2.63. The molecule has 0 fully saturated rings. The first-order chi connectivity index (χ1) is 12.2. The zero-order chi connectivity index (χ0) is 17.6. The van der Waals surface area contributed by atoms with E-state index in [1.165, 1.54) is 11.3 Å². The molecule has 0 atom stereocenters. The van der Waals surface area contributed by atoms with Gasteiger partial charge < -0.3 is 5.32 Å². The van der Waals surface area contributed by atoms with Gasteiger partial charge in [0.1, 0.15) is 0 Å². The van der Waals surface area contributed by atoms with Gasteiger partial charge in [0, 0.05) is 19.5 Å². The summed E-state index contributed by atoms with van der Waals surface area (Å²) in [6, 6.07) is 13.4. The van der Waals surface area contributed by atoms with Crippen molar-refractivity contribution in [3.8, 4) is 6.07 Å². The van der Waals surface area contributed by atoms with Crippen molar-refractivity contribution in [3.05, 3.63) is 52.0 Å². The van der Waals surface area contributed by atoms with Gasteiger partial charge in [-0.3, -0.25) is 0 Å². The summed E-state index contributed by atoms with van der Waals surface area (Å²) in [6.07, 6.45) is 0.505. The molecule has 25 heavy (non-hydrogen) atoms. The molecule has 5 nitrogen and oxygen atoms in total. The number of nitriles is 1. The van der Waals surface area contributed by atoms with Crippen LogP contribution in [0.25, 0.3) is 10.2 Å². The van der Waals surface area contributed by atoms with Crippen LogP contribution in [0.5, 0.6) is 0 Å². The molecule has 0 unspecified atom stereocenters. The number of rotatable bonds is 6. The van der Waals surface area contributed by atoms with E-state index in [-0.39, 0.29) is 0 Å². The van der Waals surface area contributed by atoms with E-state index < -0.39 is 0 Å². The van der Waals surface area contributed by atoms with Gasteiger partial charge in [-0.2, -0.15) is 5.26 Å². The van der Waals surface area contributed by atoms with Gasteiger partial charge in [0.15, 0.2) is 0 Å². The normalized spacial score (nSPS) is 11.2. The Morgan fingerprint density at radius 3 is 2.64 bits per heavy atom. The maximum atomic E-state index is 8.50. The van der Waals surface area contributed by atoms with Gasteiger partial charge in [-0.15, -0.1) is 10.2 Å². The first kappa shape index (κ1) is 17.8. The molecule has 8 heteroatoms. The second-order valence-electron chi connectivity index (χ2n) is 5.18. The van der Waals surface area contributed by atoms with E-state index in [1.807, 2.05) is 24.3 Å². The third-order valence-corrected chi connectivity index (χ3v) is 4.97. The molecule has 0 spiro atoms. The summed E-state index contributed by atoms with van der Waals surface area (Å²) in [4.78, 5) is 4.38. The summed E-state index contributed by atoms with van der Waals surface area (Å²) in [5, 5.41) is 21.6. The molecule has 3 aromatic rings. The third kappa shape index (κ3) is 4.74. The molecule has 126 valence electrons. The van der Waals surface area contributed by atoms with E-state index in [1.54, 1.807) is 12.1 Å². The van der Waals surface area contributed by atoms with Crippen LogP contribution in [-0.4, -0.2) is 11.5 Å². The fourth-order valence-electron chi connectivity index (χ4n) is 2.11. The lowest BCUT2D eigenvalue weighted by Gasteiger charge is -2.02. The molecule has 0 radical (unpaired) electrons. The Hall–Kier alpha value is -2.04. The Kier molecular flexibility index (Phi) is 5.95. The molecule has 0 saturated carbocycles. The van der Waals surface area contributed by atoms with E-state index in [4.69, 9.17) is 28.5 Å². The Balaban J connectivity index is 1.66. The predicted octanol–water partition coefficient (Wildman–Crippen LogP) is 6.02. The lowest BCUT2D eigenvalue weighted by atomic mass is 10.2. The average molecular weight is 390 g/mol. The van der Waals surface area contributed by atoms with Crippen molar-refractivity contribution in [2.75, 3.05) is 6.54 Å². The van der Waals surface area contributed by atoms with Gasteiger partial charge in [0.2, 0.25) is 5.13 Å². The highest BCUT2D eigenvalue weighted by molar-refractivity contribution is 7.22. The van der Waals surface area contributed by atoms with Crippen molar-refractivity contribution in [1.82, 2.24) is 10.3 Å². The van der Waals surface area contributed by atoms with Crippen molar-refractivity contribution >= 4 is 55.6 Å². The van der Waals surface area contributed by atoms with E-state index in [2.05, 4.69) is 26.6 Å². The predicted molar refractivity (Wildman–Crippen MR) is 102 cm³/mol. The van der Waals surface area contributed by atoms with Crippen molar-refractivity contribution in [1.29, 1.82) is 5.26 Å². The quantitative estimate of drug-likeness (QED) is 0.413. The molecule has 0 aliphatic heterocycles. The molecule has 3 rings (SSSR count). The highest BCUT2D eigenvalue weighted by Gasteiger charge is 2.07. The third-order valence-electron chi connectivity index (χ3n) is 3.35. The monoisotopic (exact) mass is 389 g/mol. The minimum Gasteiger partial charge on any atom is -0.312 e. The number of benzene rings is 2. The average Bonchev–Trinajstić information content (AvgIpc) is 3.00. The van der Waals surface area contributed by atoms with E-state index in [0.29, 0.717) is 28.1 Å². The van der Waals surface area contributed by atoms with Crippen molar-refractivity contribution < 1.29 is 0 Å². The van der Waals surface area contributed by atoms with E-state index in [0.717, 1.165) is 28.0 Å². The lowest BCUT2D eigenvalue weighted by Crippen LogP contribution is -2.13.